The summed E-state index contributed by atoms with van der Waals surface area (Å²) in [6.45, 7) is 0. The van der Waals surface area contributed by atoms with Crippen molar-refractivity contribution in [1.82, 2.24) is 4.98 Å². The van der Waals surface area contributed by atoms with Crippen LogP contribution in [0.15, 0.2) is 41.3 Å². The molecule has 2 aromatic rings. The van der Waals surface area contributed by atoms with Crippen molar-refractivity contribution >= 4 is 11.8 Å². The summed E-state index contributed by atoms with van der Waals surface area (Å²) >= 11 is 1.25. The van der Waals surface area contributed by atoms with Gasteiger partial charge in [0.25, 0.3) is 0 Å². The smallest absolute Gasteiger partial charge is 0.173 e. The van der Waals surface area contributed by atoms with Crippen LogP contribution in [0.3, 0.4) is 0 Å². The van der Waals surface area contributed by atoms with E-state index in [0.717, 1.165) is 5.56 Å². The van der Waals surface area contributed by atoms with Gasteiger partial charge in [-0.15, -0.1) is 11.8 Å². The molecule has 21 heavy (non-hydrogen) atoms. The number of aliphatic hydroxyl groups is 3. The average molecular weight is 309 g/mol. The van der Waals surface area contributed by atoms with Crippen molar-refractivity contribution in [3.8, 4) is 17.0 Å². The van der Waals surface area contributed by atoms with E-state index in [1.807, 2.05) is 0 Å². The van der Waals surface area contributed by atoms with Gasteiger partial charge in [-0.3, -0.25) is 4.98 Å². The molecule has 3 rings (SSSR count). The molecule has 0 radical (unpaired) electrons. The van der Waals surface area contributed by atoms with Gasteiger partial charge in [-0.25, -0.2) is 0 Å². The molecule has 112 valence electrons. The third kappa shape index (κ3) is 2.91. The Morgan fingerprint density at radius 1 is 1.24 bits per heavy atom. The van der Waals surface area contributed by atoms with E-state index in [4.69, 9.17) is 9.15 Å². The highest BCUT2D eigenvalue weighted by molar-refractivity contribution is 7.99. The second-order valence-corrected chi connectivity index (χ2v) is 5.86. The molecule has 3 N–H and O–H groups in total. The standard InChI is InChI=1S/C14H15NO5S/c16-9-7-21-14(13(18)12(9)17)20-10-2-1-4-15-11(10)8-3-5-19-6-8/h1-6,9,12-14,16-18H,7H2/t9-,12+,13-,14+/m1/s1. The molecule has 6 nitrogen and oxygen atoms in total. The Bertz CT molecular complexity index is 591. The summed E-state index contributed by atoms with van der Waals surface area (Å²) in [6.07, 6.45) is 1.39. The predicted octanol–water partition coefficient (Wildman–Crippen LogP) is 0.876. The maximum Gasteiger partial charge on any atom is 0.173 e. The lowest BCUT2D eigenvalue weighted by Crippen LogP contribution is -2.50. The van der Waals surface area contributed by atoms with Crippen molar-refractivity contribution in [1.29, 1.82) is 0 Å². The Morgan fingerprint density at radius 2 is 2.10 bits per heavy atom. The lowest BCUT2D eigenvalue weighted by molar-refractivity contribution is -0.0785. The second kappa shape index (κ2) is 6.07. The SMILES string of the molecule is O[C@@H]1[C@@H](O)[C@@H](Oc2cccnc2-c2ccoc2)SC[C@H]1O. The first-order valence-corrected chi connectivity index (χ1v) is 7.52. The number of hydrogen-bond acceptors (Lipinski definition) is 7. The van der Waals surface area contributed by atoms with Crippen molar-refractivity contribution in [3.05, 3.63) is 36.9 Å². The number of aromatic nitrogens is 1. The molecule has 0 unspecified atom stereocenters. The zero-order valence-corrected chi connectivity index (χ0v) is 11.8. The summed E-state index contributed by atoms with van der Waals surface area (Å²) < 4.78 is 10.8. The monoisotopic (exact) mass is 309 g/mol. The summed E-state index contributed by atoms with van der Waals surface area (Å²) in [4.78, 5) is 4.26. The molecule has 3 heterocycles. The highest BCUT2D eigenvalue weighted by atomic mass is 32.2. The third-order valence-corrected chi connectivity index (χ3v) is 4.50. The first-order chi connectivity index (χ1) is 10.2. The molecule has 0 saturated carbocycles. The zero-order chi connectivity index (χ0) is 14.8. The summed E-state index contributed by atoms with van der Waals surface area (Å²) in [6, 6.07) is 5.22. The number of furan rings is 1. The highest BCUT2D eigenvalue weighted by Crippen LogP contribution is 2.33. The van der Waals surface area contributed by atoms with Crippen molar-refractivity contribution in [3.63, 3.8) is 0 Å². The Morgan fingerprint density at radius 3 is 2.86 bits per heavy atom. The molecular weight excluding hydrogens is 294 g/mol. The summed E-state index contributed by atoms with van der Waals surface area (Å²) in [7, 11) is 0. The van der Waals surface area contributed by atoms with Crippen LogP contribution in [0.2, 0.25) is 0 Å². The normalized spacial score (nSPS) is 29.3. The Labute approximate surface area is 125 Å². The number of ether oxygens (including phenoxy) is 1. The number of thioether (sulfide) groups is 1. The van der Waals surface area contributed by atoms with Crippen molar-refractivity contribution in [2.24, 2.45) is 0 Å². The minimum atomic E-state index is -1.22. The van der Waals surface area contributed by atoms with Crippen LogP contribution in [0.4, 0.5) is 0 Å². The molecule has 2 aromatic heterocycles. The maximum absolute atomic E-state index is 10.00. The van der Waals surface area contributed by atoms with Crippen LogP contribution in [0.1, 0.15) is 0 Å². The lowest BCUT2D eigenvalue weighted by atomic mass is 10.1. The molecule has 7 heteroatoms. The van der Waals surface area contributed by atoms with Crippen LogP contribution in [0, 0.1) is 0 Å². The molecule has 0 amide bonds. The number of pyridine rings is 1. The van der Waals surface area contributed by atoms with Crippen LogP contribution in [0.5, 0.6) is 5.75 Å². The summed E-state index contributed by atoms with van der Waals surface area (Å²) in [5.74, 6) is 0.781. The number of rotatable bonds is 3. The summed E-state index contributed by atoms with van der Waals surface area (Å²) in [5, 5.41) is 29.2. The van der Waals surface area contributed by atoms with Gasteiger partial charge in [-0.1, -0.05) is 0 Å². The fraction of sp³-hybridized carbons (Fsp3) is 0.357. The second-order valence-electron chi connectivity index (χ2n) is 4.73. The topological polar surface area (TPSA) is 96.0 Å². The molecule has 0 aliphatic carbocycles. The van der Waals surface area contributed by atoms with E-state index < -0.39 is 23.7 Å². The number of nitrogens with zero attached hydrogens (tertiary/aromatic N) is 1. The quantitative estimate of drug-likeness (QED) is 0.774. The van der Waals surface area contributed by atoms with Crippen LogP contribution in [0.25, 0.3) is 11.3 Å². The molecule has 0 spiro atoms. The Kier molecular flexibility index (Phi) is 4.16. The zero-order valence-electron chi connectivity index (χ0n) is 11.0. The lowest BCUT2D eigenvalue weighted by Gasteiger charge is -2.34. The van der Waals surface area contributed by atoms with E-state index in [1.54, 1.807) is 30.7 Å². The highest BCUT2D eigenvalue weighted by Gasteiger charge is 2.38. The summed E-state index contributed by atoms with van der Waals surface area (Å²) in [5.41, 5.74) is 0.694. The van der Waals surface area contributed by atoms with Gasteiger partial charge in [-0.05, 0) is 18.2 Å². The minimum Gasteiger partial charge on any atom is -0.475 e. The number of hydrogen-bond donors (Lipinski definition) is 3. The molecule has 1 aliphatic heterocycles. The van der Waals surface area contributed by atoms with E-state index in [-0.39, 0.29) is 0 Å². The van der Waals surface area contributed by atoms with E-state index >= 15 is 0 Å². The molecule has 1 aliphatic rings. The van der Waals surface area contributed by atoms with E-state index in [2.05, 4.69) is 4.98 Å². The molecular formula is C14H15NO5S. The maximum atomic E-state index is 10.00. The van der Waals surface area contributed by atoms with Gasteiger partial charge in [0.1, 0.15) is 23.7 Å². The first-order valence-electron chi connectivity index (χ1n) is 6.47. The van der Waals surface area contributed by atoms with Gasteiger partial charge in [0, 0.05) is 17.5 Å². The van der Waals surface area contributed by atoms with E-state index in [0.29, 0.717) is 17.2 Å². The fourth-order valence-corrected chi connectivity index (χ4v) is 3.22. The minimum absolute atomic E-state index is 0.296. The van der Waals surface area contributed by atoms with E-state index in [1.165, 1.54) is 18.0 Å². The van der Waals surface area contributed by atoms with Crippen LogP contribution < -0.4 is 4.74 Å². The van der Waals surface area contributed by atoms with Gasteiger partial charge in [0.15, 0.2) is 5.44 Å². The van der Waals surface area contributed by atoms with Crippen LogP contribution in [-0.2, 0) is 0 Å². The predicted molar refractivity (Wildman–Crippen MR) is 76.8 cm³/mol. The molecule has 0 aromatic carbocycles. The molecule has 1 fully saturated rings. The van der Waals surface area contributed by atoms with Gasteiger partial charge < -0.3 is 24.5 Å². The van der Waals surface area contributed by atoms with Crippen LogP contribution >= 0.6 is 11.8 Å². The fourth-order valence-electron chi connectivity index (χ4n) is 2.11. The number of aliphatic hydroxyl groups excluding tert-OH is 3. The van der Waals surface area contributed by atoms with Gasteiger partial charge in [0.05, 0.1) is 18.6 Å². The van der Waals surface area contributed by atoms with Crippen molar-refractivity contribution in [2.45, 2.75) is 23.7 Å². The van der Waals surface area contributed by atoms with Crippen LogP contribution in [-0.4, -0.2) is 49.8 Å². The van der Waals surface area contributed by atoms with E-state index in [9.17, 15) is 15.3 Å². The Hall–Kier alpha value is -1.54. The third-order valence-electron chi connectivity index (χ3n) is 3.26. The average Bonchev–Trinajstić information content (AvgIpc) is 3.02. The van der Waals surface area contributed by atoms with Gasteiger partial charge in [0.2, 0.25) is 0 Å². The van der Waals surface area contributed by atoms with Crippen molar-refractivity contribution < 1.29 is 24.5 Å². The molecule has 1 saturated heterocycles. The van der Waals surface area contributed by atoms with Gasteiger partial charge in [-0.2, -0.15) is 0 Å². The Balaban J connectivity index is 1.83. The van der Waals surface area contributed by atoms with Crippen molar-refractivity contribution in [2.75, 3.05) is 5.75 Å². The van der Waals surface area contributed by atoms with Gasteiger partial charge >= 0.3 is 0 Å². The first kappa shape index (κ1) is 14.4. The molecule has 0 bridgehead atoms. The largest absolute Gasteiger partial charge is 0.475 e. The molecule has 4 atom stereocenters.